The molecule has 0 amide bonds. The number of fused-ring (bicyclic) bond motifs is 1. The minimum atomic E-state index is -0.542. The van der Waals surface area contributed by atoms with Crippen LogP contribution >= 0.6 is 0 Å². The number of nitrogens with zero attached hydrogens (tertiary/aromatic N) is 6. The topological polar surface area (TPSA) is 86.9 Å². The van der Waals surface area contributed by atoms with E-state index in [1.807, 2.05) is 29.9 Å². The van der Waals surface area contributed by atoms with E-state index in [0.717, 1.165) is 17.5 Å². The maximum absolute atomic E-state index is 15.0. The summed E-state index contributed by atoms with van der Waals surface area (Å²) in [4.78, 5) is 8.57. The SMILES string of the molecule is CCC(c1ccc(F)cc1)n1cc(-c2cccc(-c3ccn4nc(N)nc4c3F)n2)cn1. The highest BCUT2D eigenvalue weighted by atomic mass is 19.1. The van der Waals surface area contributed by atoms with Gasteiger partial charge in [-0.25, -0.2) is 18.3 Å². The van der Waals surface area contributed by atoms with Crippen molar-refractivity contribution in [2.24, 2.45) is 0 Å². The Morgan fingerprint density at radius 3 is 2.56 bits per heavy atom. The van der Waals surface area contributed by atoms with Crippen molar-refractivity contribution in [2.45, 2.75) is 19.4 Å². The summed E-state index contributed by atoms with van der Waals surface area (Å²) in [6.45, 7) is 2.05. The summed E-state index contributed by atoms with van der Waals surface area (Å²) in [5.74, 6) is -0.814. The Bertz CT molecular complexity index is 1410. The number of benzene rings is 1. The van der Waals surface area contributed by atoms with Crippen molar-refractivity contribution in [1.82, 2.24) is 29.4 Å². The quantitative estimate of drug-likeness (QED) is 0.442. The van der Waals surface area contributed by atoms with Gasteiger partial charge in [-0.2, -0.15) is 10.1 Å². The molecule has 2 N–H and O–H groups in total. The third kappa shape index (κ3) is 3.47. The highest BCUT2D eigenvalue weighted by molar-refractivity contribution is 5.69. The van der Waals surface area contributed by atoms with Gasteiger partial charge in [-0.05, 0) is 42.3 Å². The average molecular weight is 431 g/mol. The van der Waals surface area contributed by atoms with E-state index in [1.54, 1.807) is 36.7 Å². The molecule has 4 heterocycles. The molecule has 0 saturated heterocycles. The fourth-order valence-corrected chi connectivity index (χ4v) is 3.78. The van der Waals surface area contributed by atoms with Gasteiger partial charge in [-0.3, -0.25) is 4.68 Å². The molecular weight excluding hydrogens is 412 g/mol. The van der Waals surface area contributed by atoms with E-state index in [-0.39, 0.29) is 23.5 Å². The van der Waals surface area contributed by atoms with Crippen LogP contribution in [0.25, 0.3) is 28.2 Å². The van der Waals surface area contributed by atoms with Crippen molar-refractivity contribution in [1.29, 1.82) is 0 Å². The van der Waals surface area contributed by atoms with E-state index in [9.17, 15) is 4.39 Å². The van der Waals surface area contributed by atoms with Crippen molar-refractivity contribution in [3.8, 4) is 22.5 Å². The van der Waals surface area contributed by atoms with Crippen LogP contribution in [0.3, 0.4) is 0 Å². The van der Waals surface area contributed by atoms with Crippen molar-refractivity contribution >= 4 is 11.6 Å². The highest BCUT2D eigenvalue weighted by Crippen LogP contribution is 2.28. The van der Waals surface area contributed by atoms with E-state index in [1.165, 1.54) is 16.6 Å². The molecule has 0 aliphatic heterocycles. The van der Waals surface area contributed by atoms with E-state index in [4.69, 9.17) is 5.73 Å². The number of nitrogen functional groups attached to an aromatic ring is 1. The number of hydrogen-bond acceptors (Lipinski definition) is 5. The maximum Gasteiger partial charge on any atom is 0.240 e. The largest absolute Gasteiger partial charge is 0.366 e. The van der Waals surface area contributed by atoms with Crippen LogP contribution in [0.15, 0.2) is 67.1 Å². The van der Waals surface area contributed by atoms with Gasteiger partial charge in [0.2, 0.25) is 5.95 Å². The monoisotopic (exact) mass is 431 g/mol. The first-order valence-electron chi connectivity index (χ1n) is 10.1. The fourth-order valence-electron chi connectivity index (χ4n) is 3.78. The number of pyridine rings is 2. The molecule has 160 valence electrons. The zero-order valence-corrected chi connectivity index (χ0v) is 17.2. The minimum Gasteiger partial charge on any atom is -0.366 e. The molecule has 1 aromatic carbocycles. The van der Waals surface area contributed by atoms with Crippen LogP contribution in [-0.4, -0.2) is 29.4 Å². The predicted octanol–water partition coefficient (Wildman–Crippen LogP) is 4.51. The van der Waals surface area contributed by atoms with E-state index < -0.39 is 5.82 Å². The molecule has 5 aromatic rings. The molecule has 5 rings (SSSR count). The summed E-state index contributed by atoms with van der Waals surface area (Å²) in [7, 11) is 0. The predicted molar refractivity (Wildman–Crippen MR) is 117 cm³/mol. The van der Waals surface area contributed by atoms with Gasteiger partial charge < -0.3 is 5.73 Å². The molecule has 32 heavy (non-hydrogen) atoms. The lowest BCUT2D eigenvalue weighted by Gasteiger charge is -2.16. The first-order chi connectivity index (χ1) is 15.5. The van der Waals surface area contributed by atoms with Gasteiger partial charge in [0.1, 0.15) is 5.82 Å². The number of hydrogen-bond donors (Lipinski definition) is 1. The van der Waals surface area contributed by atoms with Crippen molar-refractivity contribution < 1.29 is 8.78 Å². The normalized spacial score (nSPS) is 12.3. The Hall–Kier alpha value is -4.14. The number of aromatic nitrogens is 6. The van der Waals surface area contributed by atoms with Crippen molar-refractivity contribution in [3.63, 3.8) is 0 Å². The third-order valence-electron chi connectivity index (χ3n) is 5.35. The number of nitrogens with two attached hydrogens (primary N) is 1. The van der Waals surface area contributed by atoms with Crippen LogP contribution in [0.2, 0.25) is 0 Å². The summed E-state index contributed by atoms with van der Waals surface area (Å²) >= 11 is 0. The molecule has 0 bridgehead atoms. The first-order valence-corrected chi connectivity index (χ1v) is 10.1. The number of halogens is 2. The highest BCUT2D eigenvalue weighted by Gasteiger charge is 2.17. The second-order valence-electron chi connectivity index (χ2n) is 7.37. The number of rotatable bonds is 5. The van der Waals surface area contributed by atoms with Gasteiger partial charge in [0.05, 0.1) is 23.6 Å². The van der Waals surface area contributed by atoms with Crippen LogP contribution in [0.1, 0.15) is 24.9 Å². The molecule has 0 aliphatic rings. The molecule has 0 saturated carbocycles. The van der Waals surface area contributed by atoms with Gasteiger partial charge in [-0.1, -0.05) is 25.1 Å². The van der Waals surface area contributed by atoms with Crippen LogP contribution < -0.4 is 5.73 Å². The molecule has 9 heteroatoms. The second-order valence-corrected chi connectivity index (χ2v) is 7.37. The molecule has 1 unspecified atom stereocenters. The van der Waals surface area contributed by atoms with Crippen LogP contribution in [0.4, 0.5) is 14.7 Å². The Morgan fingerprint density at radius 2 is 1.78 bits per heavy atom. The Kier molecular flexibility index (Phi) is 4.85. The standard InChI is InChI=1S/C23H19F2N7/c1-2-20(14-6-8-16(24)9-7-14)32-13-15(12-27-32)18-4-3-5-19(28-18)17-10-11-31-22(21(17)25)29-23(26)30-31/h3-13,20H,2H2,1H3,(H2,26,30). The first kappa shape index (κ1) is 19.8. The van der Waals surface area contributed by atoms with E-state index in [0.29, 0.717) is 17.0 Å². The number of anilines is 1. The molecule has 0 spiro atoms. The lowest BCUT2D eigenvalue weighted by atomic mass is 10.0. The van der Waals surface area contributed by atoms with Gasteiger partial charge in [0.25, 0.3) is 0 Å². The van der Waals surface area contributed by atoms with Gasteiger partial charge >= 0.3 is 0 Å². The summed E-state index contributed by atoms with van der Waals surface area (Å²) in [5, 5.41) is 8.42. The van der Waals surface area contributed by atoms with E-state index >= 15 is 4.39 Å². The molecule has 0 aliphatic carbocycles. The third-order valence-corrected chi connectivity index (χ3v) is 5.35. The molecular formula is C23H19F2N7. The zero-order valence-electron chi connectivity index (χ0n) is 17.2. The van der Waals surface area contributed by atoms with Crippen LogP contribution in [0.5, 0.6) is 0 Å². The Balaban J connectivity index is 1.50. The summed E-state index contributed by atoms with van der Waals surface area (Å²) < 4.78 is 31.4. The maximum atomic E-state index is 15.0. The second kappa shape index (κ2) is 7.84. The van der Waals surface area contributed by atoms with Gasteiger partial charge in [0, 0.05) is 23.5 Å². The Labute approximate surface area is 182 Å². The molecule has 7 nitrogen and oxygen atoms in total. The van der Waals surface area contributed by atoms with Crippen molar-refractivity contribution in [2.75, 3.05) is 5.73 Å². The molecule has 1 atom stereocenters. The molecule has 0 fully saturated rings. The molecule has 4 aromatic heterocycles. The van der Waals surface area contributed by atoms with Crippen molar-refractivity contribution in [3.05, 3.63) is 84.3 Å². The fraction of sp³-hybridized carbons (Fsp3) is 0.130. The lowest BCUT2D eigenvalue weighted by molar-refractivity contribution is 0.508. The van der Waals surface area contributed by atoms with Gasteiger partial charge in [0.15, 0.2) is 11.5 Å². The van der Waals surface area contributed by atoms with E-state index in [2.05, 4.69) is 20.2 Å². The summed E-state index contributed by atoms with van der Waals surface area (Å²) in [6, 6.07) is 13.4. The smallest absolute Gasteiger partial charge is 0.240 e. The summed E-state index contributed by atoms with van der Waals surface area (Å²) in [6.07, 6.45) is 5.99. The minimum absolute atomic E-state index is 0.00167. The Morgan fingerprint density at radius 1 is 1.00 bits per heavy atom. The van der Waals surface area contributed by atoms with Gasteiger partial charge in [-0.15, -0.1) is 5.10 Å². The van der Waals surface area contributed by atoms with Crippen LogP contribution in [-0.2, 0) is 0 Å². The zero-order chi connectivity index (χ0) is 22.2. The van der Waals surface area contributed by atoms with Crippen LogP contribution in [0, 0.1) is 11.6 Å². The lowest BCUT2D eigenvalue weighted by Crippen LogP contribution is -2.10. The molecule has 0 radical (unpaired) electrons. The summed E-state index contributed by atoms with van der Waals surface area (Å²) in [5.41, 5.74) is 8.81. The average Bonchev–Trinajstić information content (AvgIpc) is 3.43.